The van der Waals surface area contributed by atoms with Crippen molar-refractivity contribution in [3.63, 3.8) is 0 Å². The monoisotopic (exact) mass is 252 g/mol. The second-order valence-electron chi connectivity index (χ2n) is 5.05. The van der Waals surface area contributed by atoms with E-state index in [0.717, 1.165) is 32.7 Å². The Morgan fingerprint density at radius 2 is 1.53 bits per heavy atom. The van der Waals surface area contributed by atoms with Gasteiger partial charge in [-0.15, -0.1) is 0 Å². The van der Waals surface area contributed by atoms with E-state index in [1.165, 1.54) is 16.7 Å². The average molecular weight is 252 g/mol. The van der Waals surface area contributed by atoms with Gasteiger partial charge >= 0.3 is 0 Å². The highest BCUT2D eigenvalue weighted by Crippen LogP contribution is 2.24. The molecule has 1 saturated heterocycles. The van der Waals surface area contributed by atoms with Crippen molar-refractivity contribution < 1.29 is 0 Å². The van der Waals surface area contributed by atoms with E-state index in [9.17, 15) is 0 Å². The minimum atomic E-state index is 1.05. The van der Waals surface area contributed by atoms with Gasteiger partial charge in [0.05, 0.1) is 0 Å². The molecule has 0 saturated carbocycles. The lowest BCUT2D eigenvalue weighted by Gasteiger charge is -2.28. The zero-order chi connectivity index (χ0) is 12.9. The van der Waals surface area contributed by atoms with Gasteiger partial charge in [0.1, 0.15) is 0 Å². The summed E-state index contributed by atoms with van der Waals surface area (Å²) < 4.78 is 0. The van der Waals surface area contributed by atoms with Gasteiger partial charge in [-0.05, 0) is 16.7 Å². The molecule has 1 aliphatic rings. The molecule has 2 aromatic carbocycles. The van der Waals surface area contributed by atoms with Crippen LogP contribution in [0.3, 0.4) is 0 Å². The lowest BCUT2D eigenvalue weighted by molar-refractivity contribution is 0.233. The molecule has 0 amide bonds. The summed E-state index contributed by atoms with van der Waals surface area (Å²) >= 11 is 0. The molecule has 1 aliphatic heterocycles. The van der Waals surface area contributed by atoms with Gasteiger partial charge in [0.2, 0.25) is 0 Å². The van der Waals surface area contributed by atoms with Gasteiger partial charge in [-0.25, -0.2) is 0 Å². The van der Waals surface area contributed by atoms with Gasteiger partial charge in [-0.1, -0.05) is 54.6 Å². The molecule has 2 aromatic rings. The van der Waals surface area contributed by atoms with E-state index >= 15 is 0 Å². The van der Waals surface area contributed by atoms with Crippen LogP contribution in [0.15, 0.2) is 54.6 Å². The number of nitrogens with zero attached hydrogens (tertiary/aromatic N) is 1. The standard InChI is InChI=1S/C17H20N2/c1-2-6-15(7-3-1)17-9-5-4-8-16(17)14-19-12-10-18-11-13-19/h1-9,18H,10-14H2. The molecule has 1 fully saturated rings. The van der Waals surface area contributed by atoms with Crippen LogP contribution in [0.2, 0.25) is 0 Å². The summed E-state index contributed by atoms with van der Waals surface area (Å²) in [5, 5.41) is 3.41. The first-order chi connectivity index (χ1) is 9.43. The van der Waals surface area contributed by atoms with E-state index in [1.807, 2.05) is 0 Å². The smallest absolute Gasteiger partial charge is 0.0240 e. The normalized spacial score (nSPS) is 16.4. The van der Waals surface area contributed by atoms with Gasteiger partial charge in [-0.3, -0.25) is 4.90 Å². The summed E-state index contributed by atoms with van der Waals surface area (Å²) in [5.74, 6) is 0. The van der Waals surface area contributed by atoms with Crippen LogP contribution >= 0.6 is 0 Å². The minimum absolute atomic E-state index is 1.05. The Morgan fingerprint density at radius 1 is 0.842 bits per heavy atom. The summed E-state index contributed by atoms with van der Waals surface area (Å²) in [5.41, 5.74) is 4.10. The van der Waals surface area contributed by atoms with Crippen LogP contribution in [0.5, 0.6) is 0 Å². The van der Waals surface area contributed by atoms with E-state index in [-0.39, 0.29) is 0 Å². The molecule has 3 rings (SSSR count). The highest BCUT2D eigenvalue weighted by Gasteiger charge is 2.12. The maximum Gasteiger partial charge on any atom is 0.0240 e. The molecule has 0 atom stereocenters. The number of nitrogens with one attached hydrogen (secondary N) is 1. The van der Waals surface area contributed by atoms with Gasteiger partial charge in [-0.2, -0.15) is 0 Å². The first-order valence-electron chi connectivity index (χ1n) is 7.00. The predicted octanol–water partition coefficient (Wildman–Crippen LogP) is 2.76. The van der Waals surface area contributed by atoms with Gasteiger partial charge in [0, 0.05) is 32.7 Å². The summed E-state index contributed by atoms with van der Waals surface area (Å²) in [4.78, 5) is 2.53. The molecule has 1 heterocycles. The van der Waals surface area contributed by atoms with E-state index in [1.54, 1.807) is 0 Å². The van der Waals surface area contributed by atoms with Crippen LogP contribution in [-0.2, 0) is 6.54 Å². The third-order valence-corrected chi connectivity index (χ3v) is 3.71. The highest BCUT2D eigenvalue weighted by molar-refractivity contribution is 5.67. The molecule has 98 valence electrons. The van der Waals surface area contributed by atoms with E-state index in [2.05, 4.69) is 64.8 Å². The SMILES string of the molecule is c1ccc(-c2ccccc2CN2CCNCC2)cc1. The van der Waals surface area contributed by atoms with Gasteiger partial charge < -0.3 is 5.32 Å². The summed E-state index contributed by atoms with van der Waals surface area (Å²) in [6, 6.07) is 19.4. The molecule has 2 heteroatoms. The lowest BCUT2D eigenvalue weighted by Crippen LogP contribution is -2.42. The van der Waals surface area contributed by atoms with Crippen molar-refractivity contribution in [3.05, 3.63) is 60.2 Å². The van der Waals surface area contributed by atoms with Crippen molar-refractivity contribution in [2.24, 2.45) is 0 Å². The average Bonchev–Trinajstić information content (AvgIpc) is 2.50. The quantitative estimate of drug-likeness (QED) is 0.903. The maximum atomic E-state index is 3.41. The van der Waals surface area contributed by atoms with Gasteiger partial charge in [0.25, 0.3) is 0 Å². The van der Waals surface area contributed by atoms with Crippen LogP contribution < -0.4 is 5.32 Å². The van der Waals surface area contributed by atoms with E-state index in [4.69, 9.17) is 0 Å². The van der Waals surface area contributed by atoms with Crippen LogP contribution in [0.25, 0.3) is 11.1 Å². The van der Waals surface area contributed by atoms with Crippen LogP contribution in [-0.4, -0.2) is 31.1 Å². The van der Waals surface area contributed by atoms with Crippen molar-refractivity contribution in [2.45, 2.75) is 6.54 Å². The Balaban J connectivity index is 1.85. The zero-order valence-electron chi connectivity index (χ0n) is 11.2. The first-order valence-corrected chi connectivity index (χ1v) is 7.00. The molecule has 0 radical (unpaired) electrons. The Bertz CT molecular complexity index is 516. The minimum Gasteiger partial charge on any atom is -0.314 e. The molecule has 0 bridgehead atoms. The molecular formula is C17H20N2. The van der Waals surface area contributed by atoms with E-state index in [0.29, 0.717) is 0 Å². The summed E-state index contributed by atoms with van der Waals surface area (Å²) in [6.07, 6.45) is 0. The van der Waals surface area contributed by atoms with Crippen molar-refractivity contribution in [1.82, 2.24) is 10.2 Å². The molecule has 0 unspecified atom stereocenters. The summed E-state index contributed by atoms with van der Waals surface area (Å²) in [7, 11) is 0. The lowest BCUT2D eigenvalue weighted by atomic mass is 9.99. The largest absolute Gasteiger partial charge is 0.314 e. The van der Waals surface area contributed by atoms with Crippen LogP contribution in [0.1, 0.15) is 5.56 Å². The molecule has 0 aromatic heterocycles. The second-order valence-corrected chi connectivity index (χ2v) is 5.05. The van der Waals surface area contributed by atoms with Crippen LogP contribution in [0.4, 0.5) is 0 Å². The fourth-order valence-electron chi connectivity index (χ4n) is 2.67. The summed E-state index contributed by atoms with van der Waals surface area (Å²) in [6.45, 7) is 5.54. The van der Waals surface area contributed by atoms with Crippen molar-refractivity contribution in [2.75, 3.05) is 26.2 Å². The number of rotatable bonds is 3. The van der Waals surface area contributed by atoms with Crippen LogP contribution in [0, 0.1) is 0 Å². The van der Waals surface area contributed by atoms with Crippen molar-refractivity contribution in [1.29, 1.82) is 0 Å². The number of piperazine rings is 1. The molecule has 0 spiro atoms. The molecular weight excluding hydrogens is 232 g/mol. The molecule has 2 nitrogen and oxygen atoms in total. The van der Waals surface area contributed by atoms with Crippen molar-refractivity contribution >= 4 is 0 Å². The molecule has 1 N–H and O–H groups in total. The Morgan fingerprint density at radius 3 is 2.32 bits per heavy atom. The third kappa shape index (κ3) is 3.03. The van der Waals surface area contributed by atoms with Gasteiger partial charge in [0.15, 0.2) is 0 Å². The number of hydrogen-bond donors (Lipinski definition) is 1. The van der Waals surface area contributed by atoms with E-state index < -0.39 is 0 Å². The second kappa shape index (κ2) is 6.00. The fraction of sp³-hybridized carbons (Fsp3) is 0.294. The highest BCUT2D eigenvalue weighted by atomic mass is 15.2. The number of benzene rings is 2. The van der Waals surface area contributed by atoms with Crippen molar-refractivity contribution in [3.8, 4) is 11.1 Å². The first kappa shape index (κ1) is 12.4. The predicted molar refractivity (Wildman–Crippen MR) is 80.0 cm³/mol. The third-order valence-electron chi connectivity index (χ3n) is 3.71. The Hall–Kier alpha value is -1.64. The maximum absolute atomic E-state index is 3.41. The Kier molecular flexibility index (Phi) is 3.92. The zero-order valence-corrected chi connectivity index (χ0v) is 11.2. The molecule has 19 heavy (non-hydrogen) atoms. The Labute approximate surface area is 115 Å². The fourth-order valence-corrected chi connectivity index (χ4v) is 2.67. The number of hydrogen-bond acceptors (Lipinski definition) is 2. The topological polar surface area (TPSA) is 15.3 Å². The molecule has 0 aliphatic carbocycles.